The molecule has 0 saturated carbocycles. The molecule has 1 aliphatic carbocycles. The minimum absolute atomic E-state index is 0.0291. The molecule has 0 aromatic rings. The molecule has 3 saturated heterocycles. The van der Waals surface area contributed by atoms with Gasteiger partial charge in [-0.2, -0.15) is 0 Å². The van der Waals surface area contributed by atoms with Gasteiger partial charge in [0.2, 0.25) is 0 Å². The van der Waals surface area contributed by atoms with Crippen LogP contribution in [-0.2, 0) is 23.7 Å². The van der Waals surface area contributed by atoms with Crippen LogP contribution in [0.3, 0.4) is 0 Å². The molecular weight excluding hydrogens is 612 g/mol. The lowest BCUT2D eigenvalue weighted by Crippen LogP contribution is -2.68. The Hall–Kier alpha value is -1.02. The lowest BCUT2D eigenvalue weighted by molar-refractivity contribution is -0.367. The fraction of sp³-hybridized carbons (Fsp3) is 0.923. The molecule has 0 spiro atoms. The molecule has 45 heavy (non-hydrogen) atoms. The van der Waals surface area contributed by atoms with Crippen molar-refractivity contribution >= 4 is 0 Å². The van der Waals surface area contributed by atoms with Crippen molar-refractivity contribution in [2.45, 2.75) is 123 Å². The Morgan fingerprint density at radius 2 is 1.20 bits per heavy atom. The summed E-state index contributed by atoms with van der Waals surface area (Å²) in [6, 6.07) is -2.15. The van der Waals surface area contributed by atoms with Crippen molar-refractivity contribution in [3.05, 3.63) is 11.6 Å². The lowest BCUT2D eigenvalue weighted by atomic mass is 9.86. The first-order valence-corrected chi connectivity index (χ1v) is 14.7. The monoisotopic (exact) mass is 658 g/mol. The Balaban J connectivity index is 1.42. The quantitative estimate of drug-likeness (QED) is 0.0969. The van der Waals surface area contributed by atoms with Crippen LogP contribution in [0.5, 0.6) is 0 Å². The van der Waals surface area contributed by atoms with Crippen molar-refractivity contribution in [3.8, 4) is 0 Å². The minimum atomic E-state index is -1.90. The minimum Gasteiger partial charge on any atom is -0.394 e. The van der Waals surface area contributed by atoms with Crippen molar-refractivity contribution in [3.63, 3.8) is 0 Å². The average molecular weight is 659 g/mol. The summed E-state index contributed by atoms with van der Waals surface area (Å²) in [5.74, 6) is 0. The number of hydrogen-bond acceptors (Lipinski definition) is 19. The SMILES string of the molecule is CC1OC(OC2C(CO)OC(OC3C(CO)OC(CN)C(O)C3O)C(O)C2O)C(O)C(O)C1NC1C=C(CO)C(O)C(O)C1O. The van der Waals surface area contributed by atoms with E-state index < -0.39 is 136 Å². The van der Waals surface area contributed by atoms with Crippen molar-refractivity contribution in [2.75, 3.05) is 26.4 Å². The van der Waals surface area contributed by atoms with Crippen LogP contribution >= 0.6 is 0 Å². The zero-order chi connectivity index (χ0) is 33.3. The molecule has 19 atom stereocenters. The molecule has 4 rings (SSSR count). The number of ether oxygens (including phenoxy) is 5. The van der Waals surface area contributed by atoms with Crippen LogP contribution in [0, 0.1) is 0 Å². The van der Waals surface area contributed by atoms with Gasteiger partial charge >= 0.3 is 0 Å². The summed E-state index contributed by atoms with van der Waals surface area (Å²) < 4.78 is 28.1. The van der Waals surface area contributed by atoms with Gasteiger partial charge in [0.1, 0.15) is 79.4 Å². The highest BCUT2D eigenvalue weighted by Gasteiger charge is 2.53. The third kappa shape index (κ3) is 7.37. The maximum atomic E-state index is 10.9. The lowest BCUT2D eigenvalue weighted by Gasteiger charge is -2.49. The molecule has 19 heteroatoms. The van der Waals surface area contributed by atoms with E-state index >= 15 is 0 Å². The zero-order valence-corrected chi connectivity index (χ0v) is 24.4. The summed E-state index contributed by atoms with van der Waals surface area (Å²) in [7, 11) is 0. The van der Waals surface area contributed by atoms with Gasteiger partial charge in [0.05, 0.1) is 44.1 Å². The summed E-state index contributed by atoms with van der Waals surface area (Å²) in [6.45, 7) is -0.776. The summed E-state index contributed by atoms with van der Waals surface area (Å²) in [5, 5.41) is 127. The molecule has 0 aromatic carbocycles. The van der Waals surface area contributed by atoms with E-state index in [-0.39, 0.29) is 12.1 Å². The standard InChI is InChI=1S/C26H46N2O17/c1-7-13(28-9-2-8(4-29)14(32)18(36)15(9)33)17(35)21(39)25(41-7)44-24-12(6-31)43-26(22(40)20(24)38)45-23-11(5-30)42-10(3-27)16(34)19(23)37/h2,7,9-26,28-40H,3-6,27H2,1H3. The number of nitrogens with two attached hydrogens (primary N) is 1. The predicted octanol–water partition coefficient (Wildman–Crippen LogP) is -8.56. The second-order valence-corrected chi connectivity index (χ2v) is 11.8. The zero-order valence-electron chi connectivity index (χ0n) is 24.4. The van der Waals surface area contributed by atoms with Crippen LogP contribution < -0.4 is 11.1 Å². The van der Waals surface area contributed by atoms with Gasteiger partial charge in [-0.3, -0.25) is 0 Å². The molecule has 4 aliphatic rings. The fourth-order valence-corrected chi connectivity index (χ4v) is 6.11. The van der Waals surface area contributed by atoms with Crippen LogP contribution in [0.4, 0.5) is 0 Å². The summed E-state index contributed by atoms with van der Waals surface area (Å²) in [5.41, 5.74) is 5.56. The number of aliphatic hydroxyl groups is 12. The van der Waals surface area contributed by atoms with Crippen molar-refractivity contribution < 1.29 is 85.0 Å². The predicted molar refractivity (Wildman–Crippen MR) is 145 cm³/mol. The van der Waals surface area contributed by atoms with Gasteiger partial charge in [-0.1, -0.05) is 6.08 Å². The molecule has 19 unspecified atom stereocenters. The fourth-order valence-electron chi connectivity index (χ4n) is 6.11. The third-order valence-corrected chi connectivity index (χ3v) is 8.83. The molecule has 0 bridgehead atoms. The highest BCUT2D eigenvalue weighted by molar-refractivity contribution is 5.22. The number of aliphatic hydroxyl groups excluding tert-OH is 12. The highest BCUT2D eigenvalue weighted by atomic mass is 16.7. The summed E-state index contributed by atoms with van der Waals surface area (Å²) in [6.07, 6.45) is -24.7. The van der Waals surface area contributed by atoms with Gasteiger partial charge in [0.25, 0.3) is 0 Å². The van der Waals surface area contributed by atoms with E-state index in [1.165, 1.54) is 13.0 Å². The third-order valence-electron chi connectivity index (χ3n) is 8.83. The van der Waals surface area contributed by atoms with Crippen molar-refractivity contribution in [1.29, 1.82) is 0 Å². The van der Waals surface area contributed by atoms with E-state index in [1.54, 1.807) is 0 Å². The Morgan fingerprint density at radius 3 is 1.76 bits per heavy atom. The first-order valence-electron chi connectivity index (χ1n) is 14.7. The second kappa shape index (κ2) is 15.5. The summed E-state index contributed by atoms with van der Waals surface area (Å²) in [4.78, 5) is 0. The first-order chi connectivity index (χ1) is 21.3. The topological polar surface area (TPSA) is 327 Å². The van der Waals surface area contributed by atoms with Crippen LogP contribution in [0.25, 0.3) is 0 Å². The van der Waals surface area contributed by atoms with Crippen LogP contribution in [-0.4, -0.2) is 204 Å². The molecule has 262 valence electrons. The van der Waals surface area contributed by atoms with Crippen molar-refractivity contribution in [1.82, 2.24) is 5.32 Å². The molecular formula is C26H46N2O17. The maximum Gasteiger partial charge on any atom is 0.187 e. The van der Waals surface area contributed by atoms with Gasteiger partial charge in [-0.25, -0.2) is 0 Å². The molecule has 19 nitrogen and oxygen atoms in total. The Kier molecular flexibility index (Phi) is 12.7. The normalized spacial score (nSPS) is 51.2. The first kappa shape index (κ1) is 36.8. The summed E-state index contributed by atoms with van der Waals surface area (Å²) >= 11 is 0. The molecule has 3 aliphatic heterocycles. The number of nitrogens with one attached hydrogen (secondary N) is 1. The largest absolute Gasteiger partial charge is 0.394 e. The van der Waals surface area contributed by atoms with E-state index in [9.17, 15) is 61.3 Å². The molecule has 3 heterocycles. The van der Waals surface area contributed by atoms with Gasteiger partial charge in [0, 0.05) is 6.54 Å². The Labute approximate surface area is 257 Å². The van der Waals surface area contributed by atoms with Crippen LogP contribution in [0.15, 0.2) is 11.6 Å². The van der Waals surface area contributed by atoms with E-state index in [2.05, 4.69) is 5.32 Å². The second-order valence-electron chi connectivity index (χ2n) is 11.8. The molecule has 15 N–H and O–H groups in total. The molecule has 0 amide bonds. The van der Waals surface area contributed by atoms with Crippen LogP contribution in [0.1, 0.15) is 6.92 Å². The van der Waals surface area contributed by atoms with Gasteiger partial charge < -0.3 is 96.0 Å². The number of rotatable bonds is 10. The van der Waals surface area contributed by atoms with Crippen LogP contribution in [0.2, 0.25) is 0 Å². The Bertz CT molecular complexity index is 978. The molecule has 0 aromatic heterocycles. The molecule has 0 radical (unpaired) electrons. The Morgan fingerprint density at radius 1 is 0.667 bits per heavy atom. The molecule has 3 fully saturated rings. The van der Waals surface area contributed by atoms with E-state index in [1.807, 2.05) is 0 Å². The average Bonchev–Trinajstić information content (AvgIpc) is 3.03. The highest BCUT2D eigenvalue weighted by Crippen LogP contribution is 2.33. The van der Waals surface area contributed by atoms with Crippen molar-refractivity contribution in [2.24, 2.45) is 5.73 Å². The van der Waals surface area contributed by atoms with Gasteiger partial charge in [-0.15, -0.1) is 0 Å². The van der Waals surface area contributed by atoms with Gasteiger partial charge in [0.15, 0.2) is 12.6 Å². The van der Waals surface area contributed by atoms with E-state index in [0.29, 0.717) is 0 Å². The maximum absolute atomic E-state index is 10.9. The number of hydrogen-bond donors (Lipinski definition) is 14. The van der Waals surface area contributed by atoms with E-state index in [0.717, 1.165) is 0 Å². The van der Waals surface area contributed by atoms with Gasteiger partial charge in [-0.05, 0) is 12.5 Å². The smallest absolute Gasteiger partial charge is 0.187 e. The van der Waals surface area contributed by atoms with E-state index in [4.69, 9.17) is 29.4 Å².